The van der Waals surface area contributed by atoms with Crippen molar-refractivity contribution in [1.29, 1.82) is 0 Å². The third-order valence-corrected chi connectivity index (χ3v) is 6.26. The molecule has 47 heavy (non-hydrogen) atoms. The van der Waals surface area contributed by atoms with E-state index < -0.39 is 116 Å². The minimum absolute atomic E-state index is 0.110. The third-order valence-electron chi connectivity index (χ3n) is 6.26. The van der Waals surface area contributed by atoms with E-state index in [-0.39, 0.29) is 6.61 Å². The SMILES string of the molecule is C=CCO[C@H]1O[C@H](COC(C)=O)[C@@H](O[C@@H]2O[C@H](COC(C)=O)[C@@H](OC(C)=O)[C@H](OC(C)=O)[C@H]2OC(C)=O)[C@H](OC(C)=O)[C@H]1OC(C)=O. The zero-order valence-electron chi connectivity index (χ0n) is 27.0. The van der Waals surface area contributed by atoms with Gasteiger partial charge in [-0.3, -0.25) is 33.6 Å². The molecule has 2 aliphatic rings. The molecule has 0 spiro atoms. The largest absolute Gasteiger partial charge is 0.463 e. The maximum atomic E-state index is 12.3. The molecule has 0 aromatic carbocycles. The fourth-order valence-corrected chi connectivity index (χ4v) is 4.77. The van der Waals surface area contributed by atoms with E-state index in [1.165, 1.54) is 6.08 Å². The minimum atomic E-state index is -1.77. The van der Waals surface area contributed by atoms with E-state index in [0.717, 1.165) is 48.5 Å². The van der Waals surface area contributed by atoms with Crippen LogP contribution >= 0.6 is 0 Å². The summed E-state index contributed by atoms with van der Waals surface area (Å²) in [4.78, 5) is 84.6. The van der Waals surface area contributed by atoms with Crippen molar-refractivity contribution in [2.75, 3.05) is 19.8 Å². The molecule has 0 aromatic rings. The molecule has 2 rings (SSSR count). The summed E-state index contributed by atoms with van der Waals surface area (Å²) >= 11 is 0. The molecule has 18 heteroatoms. The monoisotopic (exact) mass is 676 g/mol. The Balaban J connectivity index is 2.72. The van der Waals surface area contributed by atoms with Gasteiger partial charge >= 0.3 is 41.8 Å². The van der Waals surface area contributed by atoms with Gasteiger partial charge in [0.15, 0.2) is 43.1 Å². The Labute approximate surface area is 270 Å². The predicted molar refractivity (Wildman–Crippen MR) is 149 cm³/mol. The van der Waals surface area contributed by atoms with E-state index in [1.54, 1.807) is 0 Å². The van der Waals surface area contributed by atoms with Gasteiger partial charge in [0.25, 0.3) is 0 Å². The molecule has 0 amide bonds. The number of esters is 7. The molecule has 0 saturated carbocycles. The van der Waals surface area contributed by atoms with Crippen LogP contribution in [0.15, 0.2) is 12.7 Å². The Morgan fingerprint density at radius 1 is 0.511 bits per heavy atom. The summed E-state index contributed by atoms with van der Waals surface area (Å²) in [7, 11) is 0. The fourth-order valence-electron chi connectivity index (χ4n) is 4.77. The van der Waals surface area contributed by atoms with Crippen LogP contribution in [0.1, 0.15) is 48.5 Å². The summed E-state index contributed by atoms with van der Waals surface area (Å²) in [5.74, 6) is -5.81. The van der Waals surface area contributed by atoms with Crippen LogP contribution in [0, 0.1) is 0 Å². The lowest BCUT2D eigenvalue weighted by Crippen LogP contribution is -2.67. The van der Waals surface area contributed by atoms with Gasteiger partial charge in [-0.25, -0.2) is 0 Å². The van der Waals surface area contributed by atoms with Crippen LogP contribution in [0.5, 0.6) is 0 Å². The van der Waals surface area contributed by atoms with Gasteiger partial charge in [-0.15, -0.1) is 6.58 Å². The Kier molecular flexibility index (Phi) is 15.2. The maximum absolute atomic E-state index is 12.3. The van der Waals surface area contributed by atoms with Gasteiger partial charge in [0.05, 0.1) is 6.61 Å². The molecule has 0 unspecified atom stereocenters. The predicted octanol–water partition coefficient (Wildman–Crippen LogP) is -0.191. The Morgan fingerprint density at radius 3 is 1.30 bits per heavy atom. The van der Waals surface area contributed by atoms with Crippen molar-refractivity contribution >= 4 is 41.8 Å². The lowest BCUT2D eigenvalue weighted by atomic mass is 9.96. The van der Waals surface area contributed by atoms with E-state index >= 15 is 0 Å². The molecule has 10 atom stereocenters. The Hall–Kier alpha value is -4.13. The molecule has 0 N–H and O–H groups in total. The molecule has 2 aliphatic heterocycles. The number of rotatable bonds is 14. The maximum Gasteiger partial charge on any atom is 0.303 e. The molecule has 2 heterocycles. The van der Waals surface area contributed by atoms with Crippen molar-refractivity contribution in [2.24, 2.45) is 0 Å². The van der Waals surface area contributed by atoms with Crippen LogP contribution in [0.25, 0.3) is 0 Å². The summed E-state index contributed by atoms with van der Waals surface area (Å²) in [5.41, 5.74) is 0. The van der Waals surface area contributed by atoms with Crippen molar-refractivity contribution in [1.82, 2.24) is 0 Å². The Morgan fingerprint density at radius 2 is 0.872 bits per heavy atom. The average Bonchev–Trinajstić information content (AvgIpc) is 2.94. The lowest BCUT2D eigenvalue weighted by Gasteiger charge is -2.48. The number of carbonyl (C=O) groups excluding carboxylic acids is 7. The first-order valence-corrected chi connectivity index (χ1v) is 14.4. The smallest absolute Gasteiger partial charge is 0.303 e. The first-order valence-electron chi connectivity index (χ1n) is 14.4. The van der Waals surface area contributed by atoms with Gasteiger partial charge in [0.2, 0.25) is 0 Å². The van der Waals surface area contributed by atoms with Crippen LogP contribution in [0.3, 0.4) is 0 Å². The van der Waals surface area contributed by atoms with Crippen LogP contribution < -0.4 is 0 Å². The molecular formula is C29H40O18. The number of ether oxygens (including phenoxy) is 11. The fraction of sp³-hybridized carbons (Fsp3) is 0.690. The van der Waals surface area contributed by atoms with Crippen LogP contribution in [-0.4, -0.2) is 123 Å². The molecular weight excluding hydrogens is 636 g/mol. The zero-order chi connectivity index (χ0) is 35.4. The third kappa shape index (κ3) is 12.2. The van der Waals surface area contributed by atoms with Crippen molar-refractivity contribution in [2.45, 2.75) is 110 Å². The quantitative estimate of drug-likeness (QED) is 0.132. The van der Waals surface area contributed by atoms with Gasteiger partial charge in [-0.2, -0.15) is 0 Å². The second-order valence-electron chi connectivity index (χ2n) is 10.3. The topological polar surface area (TPSA) is 221 Å². The van der Waals surface area contributed by atoms with Gasteiger partial charge in [0.1, 0.15) is 31.5 Å². The highest BCUT2D eigenvalue weighted by Gasteiger charge is 2.57. The van der Waals surface area contributed by atoms with E-state index in [4.69, 9.17) is 52.1 Å². The van der Waals surface area contributed by atoms with Crippen molar-refractivity contribution in [3.63, 3.8) is 0 Å². The number of hydrogen-bond donors (Lipinski definition) is 0. The van der Waals surface area contributed by atoms with Crippen LogP contribution in [0.4, 0.5) is 0 Å². The standard InChI is InChI=1S/C29H40O18/c1-9-10-37-28-26(43-18(7)35)25(42-17(6)34)23(21(45-28)12-39-14(3)31)47-29-27(44-19(8)36)24(41-16(5)33)22(40-15(4)32)20(46-29)11-38-13(2)30/h9,20-29H,1,10-12H2,2-8H3/t20-,21-,22-,23-,24+,25+,26-,27-,28+,29+/m1/s1. The lowest BCUT2D eigenvalue weighted by molar-refractivity contribution is -0.360. The Bertz CT molecular complexity index is 1170. The van der Waals surface area contributed by atoms with Crippen molar-refractivity contribution in [3.8, 4) is 0 Å². The van der Waals surface area contributed by atoms with Gasteiger partial charge in [0, 0.05) is 48.5 Å². The highest BCUT2D eigenvalue weighted by molar-refractivity contribution is 5.69. The summed E-state index contributed by atoms with van der Waals surface area (Å²) in [5, 5.41) is 0. The number of hydrogen-bond acceptors (Lipinski definition) is 18. The first-order chi connectivity index (χ1) is 22.0. The van der Waals surface area contributed by atoms with E-state index in [0.29, 0.717) is 0 Å². The van der Waals surface area contributed by atoms with E-state index in [1.807, 2.05) is 0 Å². The summed E-state index contributed by atoms with van der Waals surface area (Å²) in [6.07, 6.45) is -13.9. The average molecular weight is 677 g/mol. The van der Waals surface area contributed by atoms with Gasteiger partial charge < -0.3 is 52.1 Å². The molecule has 0 aromatic heterocycles. The van der Waals surface area contributed by atoms with Gasteiger partial charge in [-0.1, -0.05) is 6.08 Å². The van der Waals surface area contributed by atoms with Gasteiger partial charge in [-0.05, 0) is 0 Å². The van der Waals surface area contributed by atoms with Crippen LogP contribution in [0.2, 0.25) is 0 Å². The molecule has 0 aliphatic carbocycles. The first kappa shape index (κ1) is 39.1. The summed E-state index contributed by atoms with van der Waals surface area (Å²) < 4.78 is 61.3. The molecule has 18 nitrogen and oxygen atoms in total. The molecule has 2 saturated heterocycles. The summed E-state index contributed by atoms with van der Waals surface area (Å²) in [6.45, 7) is 9.85. The van der Waals surface area contributed by atoms with E-state index in [9.17, 15) is 33.6 Å². The van der Waals surface area contributed by atoms with Crippen molar-refractivity contribution in [3.05, 3.63) is 12.7 Å². The number of carbonyl (C=O) groups is 7. The highest BCUT2D eigenvalue weighted by atomic mass is 16.8. The second kappa shape index (κ2) is 18.3. The summed E-state index contributed by atoms with van der Waals surface area (Å²) in [6, 6.07) is 0. The minimum Gasteiger partial charge on any atom is -0.463 e. The normalized spacial score (nSPS) is 30.1. The highest BCUT2D eigenvalue weighted by Crippen LogP contribution is 2.35. The zero-order valence-corrected chi connectivity index (χ0v) is 27.0. The molecule has 264 valence electrons. The van der Waals surface area contributed by atoms with Crippen molar-refractivity contribution < 1.29 is 85.7 Å². The molecule has 0 radical (unpaired) electrons. The molecule has 2 fully saturated rings. The molecule has 0 bridgehead atoms. The van der Waals surface area contributed by atoms with E-state index in [2.05, 4.69) is 6.58 Å². The second-order valence-corrected chi connectivity index (χ2v) is 10.3. The van der Waals surface area contributed by atoms with Crippen LogP contribution in [-0.2, 0) is 85.7 Å².